The smallest absolute Gasteiger partial charge is 0.481 e. The first-order valence-corrected chi connectivity index (χ1v) is 15.4. The molecule has 0 saturated carbocycles. The average molecular weight is 872 g/mol. The number of hydrogen-bond acceptors (Lipinski definition) is 11. The lowest BCUT2D eigenvalue weighted by molar-refractivity contribution is -0.193. The summed E-state index contributed by atoms with van der Waals surface area (Å²) in [7, 11) is 3.78. The van der Waals surface area contributed by atoms with Crippen LogP contribution in [0.25, 0.3) is 16.6 Å². The summed E-state index contributed by atoms with van der Waals surface area (Å²) in [6.07, 6.45) is -12.8. The molecule has 1 aliphatic heterocycles. The Balaban J connectivity index is 0.000000505. The fourth-order valence-electron chi connectivity index (χ4n) is 4.11. The number of rotatable bonds is 5. The molecule has 326 valence electrons. The number of halogens is 12. The number of carboxylic acids is 4. The number of aliphatic carboxylic acids is 4. The molecule has 28 heteroatoms. The van der Waals surface area contributed by atoms with E-state index in [-0.39, 0.29) is 6.04 Å². The van der Waals surface area contributed by atoms with E-state index in [0.29, 0.717) is 5.88 Å². The standard InChI is InChI=1S/C23H25N7O.4C2HF3O2/c1-28-11-12-29(14-17-7-9-24-10-8-17)16-21(28)23-20-5-3-19(15-30(20)27-26-23)18-4-6-22(31-2)25-13-18;4*3-2(4,5)1(6)7/h3-10,13,15,21H,11-12,14,16H2,1-2H3;4*(H,6,7). The predicted octanol–water partition coefficient (Wildman–Crippen LogP) is 5.22. The highest BCUT2D eigenvalue weighted by atomic mass is 19.4. The number of carbonyl (C=O) groups is 4. The molecule has 5 heterocycles. The maximum atomic E-state index is 10.6. The maximum absolute atomic E-state index is 10.6. The van der Waals surface area contributed by atoms with E-state index in [1.54, 1.807) is 7.11 Å². The zero-order valence-corrected chi connectivity index (χ0v) is 29.7. The molecule has 16 nitrogen and oxygen atoms in total. The van der Waals surface area contributed by atoms with Crippen molar-refractivity contribution in [1.82, 2.24) is 34.6 Å². The Hall–Kier alpha value is -6.32. The van der Waals surface area contributed by atoms with E-state index in [2.05, 4.69) is 61.4 Å². The number of alkyl halides is 12. The summed E-state index contributed by atoms with van der Waals surface area (Å²) in [4.78, 5) is 48.8. The first-order valence-electron chi connectivity index (χ1n) is 15.4. The number of pyridine rings is 3. The number of likely N-dealkylation sites (N-methyl/N-ethyl adjacent to an activating group) is 1. The van der Waals surface area contributed by atoms with Gasteiger partial charge in [-0.1, -0.05) is 11.3 Å². The van der Waals surface area contributed by atoms with Crippen molar-refractivity contribution in [3.8, 4) is 17.0 Å². The summed E-state index contributed by atoms with van der Waals surface area (Å²) in [5, 5.41) is 37.5. The van der Waals surface area contributed by atoms with Crippen LogP contribution in [0.5, 0.6) is 5.88 Å². The number of piperazine rings is 1. The van der Waals surface area contributed by atoms with Gasteiger partial charge < -0.3 is 25.2 Å². The first kappa shape index (κ1) is 50.7. The molecule has 0 aliphatic carbocycles. The lowest BCUT2D eigenvalue weighted by Crippen LogP contribution is -2.46. The fourth-order valence-corrected chi connectivity index (χ4v) is 4.11. The molecule has 1 unspecified atom stereocenters. The van der Waals surface area contributed by atoms with Gasteiger partial charge >= 0.3 is 48.6 Å². The summed E-state index contributed by atoms with van der Waals surface area (Å²) < 4.78 is 134. The molecule has 1 fully saturated rings. The van der Waals surface area contributed by atoms with Gasteiger partial charge in [-0.2, -0.15) is 52.7 Å². The number of ether oxygens (including phenoxy) is 1. The van der Waals surface area contributed by atoms with Crippen LogP contribution < -0.4 is 4.74 Å². The number of carboxylic acid groups (broad SMARTS) is 4. The Morgan fingerprint density at radius 2 is 1.17 bits per heavy atom. The number of nitrogens with zero attached hydrogens (tertiary/aromatic N) is 7. The van der Waals surface area contributed by atoms with Gasteiger partial charge in [-0.05, 0) is 36.9 Å². The molecule has 0 amide bonds. The predicted molar refractivity (Wildman–Crippen MR) is 172 cm³/mol. The summed E-state index contributed by atoms with van der Waals surface area (Å²) >= 11 is 0. The number of methoxy groups -OCH3 is 1. The van der Waals surface area contributed by atoms with Crippen LogP contribution in [0.2, 0.25) is 0 Å². The Bertz CT molecular complexity index is 1880. The van der Waals surface area contributed by atoms with Gasteiger partial charge in [-0.15, -0.1) is 5.10 Å². The minimum Gasteiger partial charge on any atom is -0.481 e. The Kier molecular flexibility index (Phi) is 18.4. The van der Waals surface area contributed by atoms with E-state index in [9.17, 15) is 52.7 Å². The van der Waals surface area contributed by atoms with Gasteiger partial charge in [0.15, 0.2) is 0 Å². The van der Waals surface area contributed by atoms with Crippen LogP contribution in [0.3, 0.4) is 0 Å². The molecule has 0 radical (unpaired) electrons. The third-order valence-corrected chi connectivity index (χ3v) is 6.89. The van der Waals surface area contributed by atoms with E-state index in [4.69, 9.17) is 44.3 Å². The van der Waals surface area contributed by atoms with Crippen molar-refractivity contribution in [1.29, 1.82) is 0 Å². The zero-order valence-electron chi connectivity index (χ0n) is 29.7. The molecular weight excluding hydrogens is 842 g/mol. The van der Waals surface area contributed by atoms with Crippen LogP contribution in [0.15, 0.2) is 61.2 Å². The zero-order chi connectivity index (χ0) is 45.5. The van der Waals surface area contributed by atoms with Crippen LogP contribution in [0.4, 0.5) is 52.7 Å². The molecule has 4 aromatic rings. The van der Waals surface area contributed by atoms with Gasteiger partial charge in [-0.25, -0.2) is 28.7 Å². The molecule has 0 bridgehead atoms. The highest BCUT2D eigenvalue weighted by Crippen LogP contribution is 2.28. The van der Waals surface area contributed by atoms with E-state index in [1.165, 1.54) is 5.56 Å². The number of fused-ring (bicyclic) bond motifs is 1. The molecule has 4 N–H and O–H groups in total. The number of aromatic nitrogens is 5. The third kappa shape index (κ3) is 17.8. The Morgan fingerprint density at radius 1 is 0.712 bits per heavy atom. The van der Waals surface area contributed by atoms with E-state index >= 15 is 0 Å². The van der Waals surface area contributed by atoms with Crippen molar-refractivity contribution in [2.45, 2.75) is 37.3 Å². The summed E-state index contributed by atoms with van der Waals surface area (Å²) in [5.41, 5.74) is 5.38. The minimum absolute atomic E-state index is 0.196. The van der Waals surface area contributed by atoms with Crippen molar-refractivity contribution >= 4 is 29.4 Å². The van der Waals surface area contributed by atoms with E-state index < -0.39 is 48.6 Å². The van der Waals surface area contributed by atoms with Crippen LogP contribution >= 0.6 is 0 Å². The minimum atomic E-state index is -5.08. The van der Waals surface area contributed by atoms with Crippen LogP contribution in [0, 0.1) is 0 Å². The molecule has 59 heavy (non-hydrogen) atoms. The van der Waals surface area contributed by atoms with Crippen molar-refractivity contribution in [3.63, 3.8) is 0 Å². The molecule has 5 rings (SSSR count). The monoisotopic (exact) mass is 871 g/mol. The third-order valence-electron chi connectivity index (χ3n) is 6.89. The van der Waals surface area contributed by atoms with Crippen LogP contribution in [-0.2, 0) is 25.7 Å². The lowest BCUT2D eigenvalue weighted by atomic mass is 10.1. The highest BCUT2D eigenvalue weighted by molar-refractivity contribution is 5.74. The quantitative estimate of drug-likeness (QED) is 0.189. The lowest BCUT2D eigenvalue weighted by Gasteiger charge is -2.38. The summed E-state index contributed by atoms with van der Waals surface area (Å²) in [6.45, 7) is 3.85. The Morgan fingerprint density at radius 3 is 1.58 bits per heavy atom. The normalized spacial score (nSPS) is 14.7. The SMILES string of the molecule is COc1ccc(-c2ccc3c(C4CN(Cc5ccncc5)CCN4C)nnn3c2)cn1.O=C(O)C(F)(F)F.O=C(O)C(F)(F)F.O=C(O)C(F)(F)F.O=C(O)C(F)(F)F. The van der Waals surface area contributed by atoms with Gasteiger partial charge in [0.05, 0.1) is 18.7 Å². The van der Waals surface area contributed by atoms with Crippen molar-refractivity contribution in [2.24, 2.45) is 0 Å². The second kappa shape index (κ2) is 21.4. The topological polar surface area (TPSA) is 221 Å². The average Bonchev–Trinajstić information content (AvgIpc) is 3.55. The Labute approximate surface area is 321 Å². The molecular formula is C31H29F12N7O9. The van der Waals surface area contributed by atoms with Crippen molar-refractivity contribution in [3.05, 3.63) is 72.4 Å². The van der Waals surface area contributed by atoms with Gasteiger partial charge in [0.1, 0.15) is 5.69 Å². The molecule has 1 atom stereocenters. The number of hydrogen-bond donors (Lipinski definition) is 4. The molecule has 4 aromatic heterocycles. The molecule has 1 aliphatic rings. The second-order valence-corrected chi connectivity index (χ2v) is 11.1. The van der Waals surface area contributed by atoms with Gasteiger partial charge in [0.25, 0.3) is 0 Å². The second-order valence-electron chi connectivity index (χ2n) is 11.1. The van der Waals surface area contributed by atoms with Gasteiger partial charge in [0.2, 0.25) is 5.88 Å². The largest absolute Gasteiger partial charge is 0.490 e. The van der Waals surface area contributed by atoms with Crippen LogP contribution in [-0.4, -0.2) is 137 Å². The summed E-state index contributed by atoms with van der Waals surface area (Å²) in [6, 6.07) is 12.4. The molecule has 0 aromatic carbocycles. The van der Waals surface area contributed by atoms with Crippen molar-refractivity contribution < 1.29 is 97.0 Å². The highest BCUT2D eigenvalue weighted by Gasteiger charge is 2.40. The first-order chi connectivity index (χ1) is 27.0. The van der Waals surface area contributed by atoms with Gasteiger partial charge in [0, 0.05) is 68.2 Å². The molecule has 1 saturated heterocycles. The van der Waals surface area contributed by atoms with Crippen molar-refractivity contribution in [2.75, 3.05) is 33.8 Å². The van der Waals surface area contributed by atoms with E-state index in [0.717, 1.165) is 48.5 Å². The van der Waals surface area contributed by atoms with Crippen LogP contribution in [0.1, 0.15) is 17.3 Å². The molecule has 0 spiro atoms. The fraction of sp³-hybridized carbons (Fsp3) is 0.355. The maximum Gasteiger partial charge on any atom is 0.490 e. The van der Waals surface area contributed by atoms with Gasteiger partial charge in [-0.3, -0.25) is 14.8 Å². The summed E-state index contributed by atoms with van der Waals surface area (Å²) in [5.74, 6) is -10.4. The van der Waals surface area contributed by atoms with E-state index in [1.807, 2.05) is 41.4 Å².